The number of nitrogens with zero attached hydrogens (tertiary/aromatic N) is 2. The third kappa shape index (κ3) is 3.37. The van der Waals surface area contributed by atoms with E-state index in [0.717, 1.165) is 66.1 Å². The topological polar surface area (TPSA) is 38.9 Å². The Labute approximate surface area is 225 Å². The van der Waals surface area contributed by atoms with Crippen LogP contribution in [0.25, 0.3) is 76.9 Å². The molecule has 0 N–H and O–H groups in total. The normalized spacial score (nSPS) is 11.8. The molecule has 3 heteroatoms. The van der Waals surface area contributed by atoms with Gasteiger partial charge in [0.25, 0.3) is 0 Å². The molecule has 0 aliphatic carbocycles. The van der Waals surface area contributed by atoms with Gasteiger partial charge in [0.2, 0.25) is 0 Å². The van der Waals surface area contributed by atoms with Crippen LogP contribution in [0.1, 0.15) is 11.1 Å². The number of furan rings is 1. The number of rotatable bonds is 2. The molecule has 0 saturated heterocycles. The standard InChI is InChI=1S/C36H24N2O/c1-21-11-14-27-29(17-21)30-18-22(2)12-15-28(30)36-35(27)37-20-32(38-36)25-8-4-3-7-24(25)23-13-16-34-31(19-23)26-9-5-6-10-33(26)39-34/h3-20H,1-2H3. The van der Waals surface area contributed by atoms with E-state index in [2.05, 4.69) is 105 Å². The Kier molecular flexibility index (Phi) is 4.65. The Morgan fingerprint density at radius 1 is 0.513 bits per heavy atom. The molecule has 0 bridgehead atoms. The maximum atomic E-state index is 6.08. The van der Waals surface area contributed by atoms with Crippen LogP contribution in [0.5, 0.6) is 0 Å². The number of hydrogen-bond donors (Lipinski definition) is 0. The number of aryl methyl sites for hydroxylation is 2. The molecule has 0 aliphatic heterocycles. The summed E-state index contributed by atoms with van der Waals surface area (Å²) in [5.74, 6) is 0. The summed E-state index contributed by atoms with van der Waals surface area (Å²) in [4.78, 5) is 10.3. The minimum absolute atomic E-state index is 0.864. The van der Waals surface area contributed by atoms with Gasteiger partial charge in [0.05, 0.1) is 22.9 Å². The highest BCUT2D eigenvalue weighted by molar-refractivity contribution is 6.23. The summed E-state index contributed by atoms with van der Waals surface area (Å²) in [6.07, 6.45) is 1.92. The summed E-state index contributed by atoms with van der Waals surface area (Å²) in [6.45, 7) is 4.28. The van der Waals surface area contributed by atoms with Gasteiger partial charge in [-0.2, -0.15) is 0 Å². The lowest BCUT2D eigenvalue weighted by atomic mass is 9.95. The van der Waals surface area contributed by atoms with Crippen molar-refractivity contribution in [1.29, 1.82) is 0 Å². The highest BCUT2D eigenvalue weighted by Gasteiger charge is 2.16. The van der Waals surface area contributed by atoms with E-state index in [1.807, 2.05) is 18.3 Å². The van der Waals surface area contributed by atoms with Gasteiger partial charge in [-0.1, -0.05) is 96.1 Å². The van der Waals surface area contributed by atoms with Gasteiger partial charge in [0.1, 0.15) is 11.2 Å². The second kappa shape index (κ2) is 8.24. The van der Waals surface area contributed by atoms with E-state index >= 15 is 0 Å². The summed E-state index contributed by atoms with van der Waals surface area (Å²) >= 11 is 0. The molecule has 8 aromatic rings. The fourth-order valence-electron chi connectivity index (χ4n) is 5.93. The average Bonchev–Trinajstić information content (AvgIpc) is 3.35. The Morgan fingerprint density at radius 2 is 1.18 bits per heavy atom. The first-order valence-corrected chi connectivity index (χ1v) is 13.2. The Balaban J connectivity index is 1.38. The van der Waals surface area contributed by atoms with E-state index in [-0.39, 0.29) is 0 Å². The third-order valence-electron chi connectivity index (χ3n) is 7.81. The van der Waals surface area contributed by atoms with Crippen LogP contribution < -0.4 is 0 Å². The first kappa shape index (κ1) is 22.0. The lowest BCUT2D eigenvalue weighted by Gasteiger charge is -2.13. The average molecular weight is 501 g/mol. The summed E-state index contributed by atoms with van der Waals surface area (Å²) in [5, 5.41) is 6.96. The first-order chi connectivity index (χ1) is 19.1. The lowest BCUT2D eigenvalue weighted by molar-refractivity contribution is 0.669. The molecule has 0 fully saturated rings. The Hall–Kier alpha value is -5.02. The van der Waals surface area contributed by atoms with Crippen LogP contribution in [0.3, 0.4) is 0 Å². The molecule has 0 aliphatic rings. The zero-order valence-electron chi connectivity index (χ0n) is 21.7. The number of aromatic nitrogens is 2. The van der Waals surface area contributed by atoms with Crippen molar-refractivity contribution in [2.75, 3.05) is 0 Å². The third-order valence-corrected chi connectivity index (χ3v) is 7.81. The highest BCUT2D eigenvalue weighted by atomic mass is 16.3. The fourth-order valence-corrected chi connectivity index (χ4v) is 5.93. The molecule has 2 aromatic heterocycles. The second-order valence-corrected chi connectivity index (χ2v) is 10.4. The molecule has 0 saturated carbocycles. The minimum Gasteiger partial charge on any atom is -0.456 e. The van der Waals surface area contributed by atoms with Gasteiger partial charge < -0.3 is 4.42 Å². The van der Waals surface area contributed by atoms with Crippen molar-refractivity contribution < 1.29 is 4.42 Å². The molecule has 3 nitrogen and oxygen atoms in total. The van der Waals surface area contributed by atoms with Gasteiger partial charge in [-0.05, 0) is 53.9 Å². The first-order valence-electron chi connectivity index (χ1n) is 13.2. The van der Waals surface area contributed by atoms with Gasteiger partial charge in [0.15, 0.2) is 0 Å². The quantitative estimate of drug-likeness (QED) is 0.222. The van der Waals surface area contributed by atoms with E-state index in [0.29, 0.717) is 0 Å². The van der Waals surface area contributed by atoms with Crippen LogP contribution in [0.4, 0.5) is 0 Å². The van der Waals surface area contributed by atoms with Gasteiger partial charge in [-0.25, -0.2) is 4.98 Å². The molecule has 2 heterocycles. The van der Waals surface area contributed by atoms with E-state index in [1.165, 1.54) is 21.9 Å². The van der Waals surface area contributed by atoms with E-state index in [1.54, 1.807) is 0 Å². The van der Waals surface area contributed by atoms with Gasteiger partial charge in [-0.15, -0.1) is 0 Å². The SMILES string of the molecule is Cc1ccc2c(c1)c1cc(C)ccc1c1nc(-c3ccccc3-c3ccc4oc5ccccc5c4c3)cnc21. The van der Waals surface area contributed by atoms with Crippen LogP contribution in [-0.4, -0.2) is 9.97 Å². The molecule has 0 spiro atoms. The zero-order chi connectivity index (χ0) is 26.1. The van der Waals surface area contributed by atoms with Crippen molar-refractivity contribution in [3.63, 3.8) is 0 Å². The van der Waals surface area contributed by atoms with Crippen LogP contribution in [0.2, 0.25) is 0 Å². The number of hydrogen-bond acceptors (Lipinski definition) is 3. The number of para-hydroxylation sites is 1. The fraction of sp³-hybridized carbons (Fsp3) is 0.0556. The molecule has 0 radical (unpaired) electrons. The predicted molar refractivity (Wildman–Crippen MR) is 162 cm³/mol. The summed E-state index contributed by atoms with van der Waals surface area (Å²) in [5.41, 5.74) is 10.3. The smallest absolute Gasteiger partial charge is 0.135 e. The minimum atomic E-state index is 0.864. The van der Waals surface area contributed by atoms with Crippen molar-refractivity contribution in [3.05, 3.63) is 120 Å². The monoisotopic (exact) mass is 500 g/mol. The van der Waals surface area contributed by atoms with Gasteiger partial charge >= 0.3 is 0 Å². The predicted octanol–water partition coefficient (Wildman–Crippen LogP) is 9.79. The zero-order valence-corrected chi connectivity index (χ0v) is 21.7. The van der Waals surface area contributed by atoms with Crippen LogP contribution in [0, 0.1) is 13.8 Å². The maximum absolute atomic E-state index is 6.08. The number of fused-ring (bicyclic) bond motifs is 9. The summed E-state index contributed by atoms with van der Waals surface area (Å²) in [6, 6.07) is 36.3. The molecular weight excluding hydrogens is 476 g/mol. The van der Waals surface area contributed by atoms with Gasteiger partial charge in [0, 0.05) is 27.1 Å². The molecule has 0 unspecified atom stereocenters. The van der Waals surface area contributed by atoms with Crippen LogP contribution >= 0.6 is 0 Å². The summed E-state index contributed by atoms with van der Waals surface area (Å²) in [7, 11) is 0. The molecule has 0 atom stereocenters. The molecule has 0 amide bonds. The van der Waals surface area contributed by atoms with Crippen molar-refractivity contribution in [3.8, 4) is 22.4 Å². The van der Waals surface area contributed by atoms with E-state index in [9.17, 15) is 0 Å². The van der Waals surface area contributed by atoms with Crippen LogP contribution in [0.15, 0.2) is 114 Å². The van der Waals surface area contributed by atoms with E-state index < -0.39 is 0 Å². The van der Waals surface area contributed by atoms with Crippen molar-refractivity contribution in [2.24, 2.45) is 0 Å². The summed E-state index contributed by atoms with van der Waals surface area (Å²) < 4.78 is 6.08. The van der Waals surface area contributed by atoms with E-state index in [4.69, 9.17) is 14.4 Å². The van der Waals surface area contributed by atoms with Gasteiger partial charge in [-0.3, -0.25) is 4.98 Å². The highest BCUT2D eigenvalue weighted by Crippen LogP contribution is 2.38. The van der Waals surface area contributed by atoms with Crippen LogP contribution in [-0.2, 0) is 0 Å². The maximum Gasteiger partial charge on any atom is 0.135 e. The molecule has 39 heavy (non-hydrogen) atoms. The molecule has 8 rings (SSSR count). The largest absolute Gasteiger partial charge is 0.456 e. The molecule has 6 aromatic carbocycles. The Bertz CT molecular complexity index is 2260. The Morgan fingerprint density at radius 3 is 1.97 bits per heavy atom. The molecular formula is C36H24N2O. The molecule has 184 valence electrons. The second-order valence-electron chi connectivity index (χ2n) is 10.4. The number of benzene rings is 6. The van der Waals surface area contributed by atoms with Crippen molar-refractivity contribution in [2.45, 2.75) is 13.8 Å². The van der Waals surface area contributed by atoms with Crippen molar-refractivity contribution >= 4 is 54.5 Å². The lowest BCUT2D eigenvalue weighted by Crippen LogP contribution is -1.94. The van der Waals surface area contributed by atoms with Crippen molar-refractivity contribution in [1.82, 2.24) is 9.97 Å².